The van der Waals surface area contributed by atoms with E-state index in [2.05, 4.69) is 30.7 Å². The molecule has 0 spiro atoms. The van der Waals surface area contributed by atoms with E-state index < -0.39 is 29.5 Å². The number of anilines is 3. The second-order valence-corrected chi connectivity index (χ2v) is 12.5. The van der Waals surface area contributed by atoms with E-state index in [4.69, 9.17) is 14.2 Å². The molecule has 2 aromatic carbocycles. The van der Waals surface area contributed by atoms with E-state index in [1.807, 2.05) is 31.2 Å². The summed E-state index contributed by atoms with van der Waals surface area (Å²) in [5.41, 5.74) is 2.36. The number of nitrogens with one attached hydrogen (secondary N) is 2. The van der Waals surface area contributed by atoms with Gasteiger partial charge in [-0.2, -0.15) is 5.10 Å². The molecule has 2 amide bonds. The van der Waals surface area contributed by atoms with Gasteiger partial charge in [0.15, 0.2) is 11.5 Å². The number of amides is 2. The first-order chi connectivity index (χ1) is 23.5. The van der Waals surface area contributed by atoms with Gasteiger partial charge in [-0.3, -0.25) is 4.79 Å². The van der Waals surface area contributed by atoms with Gasteiger partial charge in [0.1, 0.15) is 41.3 Å². The Morgan fingerprint density at radius 1 is 1.06 bits per heavy atom. The lowest BCUT2D eigenvalue weighted by Crippen LogP contribution is -2.39. The minimum Gasteiger partial charge on any atom is -0.492 e. The van der Waals surface area contributed by atoms with Crippen LogP contribution in [0, 0.1) is 6.92 Å². The molecule has 1 saturated heterocycles. The highest BCUT2D eigenvalue weighted by Gasteiger charge is 2.32. The van der Waals surface area contributed by atoms with Crippen molar-refractivity contribution in [3.05, 3.63) is 78.8 Å². The number of nitrogens with zero attached hydrogens (tertiary/aromatic N) is 6. The molecule has 49 heavy (non-hydrogen) atoms. The maximum Gasteiger partial charge on any atom is 0.410 e. The van der Waals surface area contributed by atoms with Crippen LogP contribution in [-0.2, 0) is 9.53 Å². The summed E-state index contributed by atoms with van der Waals surface area (Å²) in [6.45, 7) is 9.74. The largest absolute Gasteiger partial charge is 0.492 e. The maximum absolute atomic E-state index is 15.3. The molecule has 2 N–H and O–H groups in total. The van der Waals surface area contributed by atoms with E-state index in [0.717, 1.165) is 17.3 Å². The van der Waals surface area contributed by atoms with Gasteiger partial charge in [0.25, 0.3) is 5.91 Å². The number of ether oxygens (including phenoxy) is 3. The summed E-state index contributed by atoms with van der Waals surface area (Å²) in [5.74, 6) is 0.0698. The molecule has 0 radical (unpaired) electrons. The van der Waals surface area contributed by atoms with Crippen molar-refractivity contribution in [3.63, 3.8) is 0 Å². The van der Waals surface area contributed by atoms with Gasteiger partial charge < -0.3 is 29.7 Å². The van der Waals surface area contributed by atoms with Crippen LogP contribution in [0.3, 0.4) is 0 Å². The third-order valence-corrected chi connectivity index (χ3v) is 7.69. The lowest BCUT2D eigenvalue weighted by Gasteiger charge is -2.27. The van der Waals surface area contributed by atoms with Gasteiger partial charge in [-0.05, 0) is 89.4 Å². The summed E-state index contributed by atoms with van der Waals surface area (Å²) in [6, 6.07) is 11.9. The smallest absolute Gasteiger partial charge is 0.410 e. The topological polar surface area (TPSA) is 145 Å². The Bertz CT molecular complexity index is 2060. The number of halogens is 1. The van der Waals surface area contributed by atoms with Crippen molar-refractivity contribution in [2.45, 2.75) is 59.1 Å². The van der Waals surface area contributed by atoms with Crippen molar-refractivity contribution < 1.29 is 28.2 Å². The van der Waals surface area contributed by atoms with E-state index in [9.17, 15) is 9.59 Å². The van der Waals surface area contributed by atoms with Crippen molar-refractivity contribution in [1.29, 1.82) is 0 Å². The van der Waals surface area contributed by atoms with Crippen LogP contribution in [0.25, 0.3) is 16.6 Å². The number of hydrogen-bond acceptors (Lipinski definition) is 10. The minimum absolute atomic E-state index is 0.237. The number of rotatable bonds is 9. The van der Waals surface area contributed by atoms with Crippen molar-refractivity contribution in [1.82, 2.24) is 29.5 Å². The van der Waals surface area contributed by atoms with Crippen molar-refractivity contribution in [2.75, 3.05) is 23.8 Å². The Hall–Kier alpha value is -5.79. The number of likely N-dealkylation sites (tertiary alicyclic amines) is 1. The molecule has 0 bridgehead atoms. The first-order valence-corrected chi connectivity index (χ1v) is 15.9. The van der Waals surface area contributed by atoms with E-state index in [1.165, 1.54) is 17.6 Å². The number of benzene rings is 2. The number of carbonyl (C=O) groups excluding carboxylic acids is 2. The summed E-state index contributed by atoms with van der Waals surface area (Å²) < 4.78 is 34.3. The Morgan fingerprint density at radius 3 is 2.67 bits per heavy atom. The molecule has 1 unspecified atom stereocenters. The Morgan fingerprint density at radius 2 is 1.90 bits per heavy atom. The zero-order valence-electron chi connectivity index (χ0n) is 27.9. The highest BCUT2D eigenvalue weighted by atomic mass is 19.1. The van der Waals surface area contributed by atoms with Crippen LogP contribution >= 0.6 is 0 Å². The molecular weight excluding hydrogens is 631 g/mol. The van der Waals surface area contributed by atoms with E-state index in [0.29, 0.717) is 65.6 Å². The van der Waals surface area contributed by atoms with Crippen molar-refractivity contribution >= 4 is 45.7 Å². The van der Waals surface area contributed by atoms with Crippen LogP contribution in [0.1, 0.15) is 46.1 Å². The number of carbonyl (C=O) groups is 2. The van der Waals surface area contributed by atoms with Crippen LogP contribution in [0.4, 0.5) is 26.4 Å². The number of fused-ring (bicyclic) bond motifs is 2. The quantitative estimate of drug-likeness (QED) is 0.156. The second-order valence-electron chi connectivity index (χ2n) is 12.5. The predicted octanol–water partition coefficient (Wildman–Crippen LogP) is 7.11. The number of aromatic nitrogens is 5. The lowest BCUT2D eigenvalue weighted by molar-refractivity contribution is -0.114. The van der Waals surface area contributed by atoms with E-state index in [-0.39, 0.29) is 5.69 Å². The normalized spacial score (nSPS) is 15.0. The van der Waals surface area contributed by atoms with Crippen LogP contribution in [0.2, 0.25) is 0 Å². The Labute approximate surface area is 282 Å². The zero-order chi connectivity index (χ0) is 34.7. The molecule has 1 aliphatic heterocycles. The van der Waals surface area contributed by atoms with Crippen LogP contribution in [-0.4, -0.2) is 66.3 Å². The molecule has 5 aromatic rings. The summed E-state index contributed by atoms with van der Waals surface area (Å²) in [6.07, 6.45) is 6.46. The van der Waals surface area contributed by atoms with Gasteiger partial charge in [-0.1, -0.05) is 0 Å². The van der Waals surface area contributed by atoms with Gasteiger partial charge >= 0.3 is 6.09 Å². The second kappa shape index (κ2) is 13.7. The van der Waals surface area contributed by atoms with Gasteiger partial charge in [0.2, 0.25) is 0 Å². The monoisotopic (exact) mass is 668 g/mol. The number of aryl methyl sites for hydroxylation is 1. The molecule has 14 heteroatoms. The number of hydrogen-bond donors (Lipinski definition) is 2. The first-order valence-electron chi connectivity index (χ1n) is 15.9. The molecule has 1 fully saturated rings. The molecule has 0 aliphatic carbocycles. The molecule has 4 heterocycles. The zero-order valence-corrected chi connectivity index (χ0v) is 27.9. The maximum atomic E-state index is 15.3. The SMILES string of the molecule is CCOc1cc2ncnc(Nc3ccc(Oc4ccn5ncnc5c4)c(C)c3)c2cc1NC(=O)C(F)=CC1CCCN1C(=O)OC(C)(C)C. The molecule has 6 rings (SSSR count). The summed E-state index contributed by atoms with van der Waals surface area (Å²) >= 11 is 0. The Balaban J connectivity index is 1.21. The third-order valence-electron chi connectivity index (χ3n) is 7.69. The van der Waals surface area contributed by atoms with Crippen molar-refractivity contribution in [2.24, 2.45) is 0 Å². The molecule has 13 nitrogen and oxygen atoms in total. The fourth-order valence-corrected chi connectivity index (χ4v) is 5.46. The van der Waals surface area contributed by atoms with Gasteiger partial charge in [-0.25, -0.2) is 28.7 Å². The minimum atomic E-state index is -1.02. The molecule has 0 saturated carbocycles. The lowest BCUT2D eigenvalue weighted by atomic mass is 10.1. The average molecular weight is 669 g/mol. The fourth-order valence-electron chi connectivity index (χ4n) is 5.46. The van der Waals surface area contributed by atoms with Gasteiger partial charge in [0.05, 0.1) is 23.9 Å². The fraction of sp³-hybridized carbons (Fsp3) is 0.314. The molecular formula is C35H37FN8O5. The molecule has 1 aliphatic rings. The number of pyridine rings is 1. The van der Waals surface area contributed by atoms with Gasteiger partial charge in [-0.15, -0.1) is 0 Å². The first kappa shape index (κ1) is 33.1. The standard InChI is InChI=1S/C35H37FN8O5/c1-6-47-30-18-27-25(17-28(30)42-33(45)26(36)15-23-8-7-12-43(23)34(46)49-35(3,4)5)32(39-19-37-27)41-22-9-10-29(21(2)14-22)48-24-11-13-44-31(16-24)38-20-40-44/h9-11,13-20,23H,6-8,12H2,1-5H3,(H,42,45)(H,37,39,41). The third kappa shape index (κ3) is 7.69. The predicted molar refractivity (Wildman–Crippen MR) is 182 cm³/mol. The van der Waals surface area contributed by atoms with Crippen molar-refractivity contribution in [3.8, 4) is 17.2 Å². The summed E-state index contributed by atoms with van der Waals surface area (Å²) in [5, 5.41) is 10.6. The molecule has 254 valence electrons. The van der Waals surface area contributed by atoms with Gasteiger partial charge in [0, 0.05) is 35.9 Å². The summed E-state index contributed by atoms with van der Waals surface area (Å²) in [4.78, 5) is 40.2. The van der Waals surface area contributed by atoms with E-state index >= 15 is 4.39 Å². The van der Waals surface area contributed by atoms with Crippen LogP contribution in [0.15, 0.2) is 73.2 Å². The molecule has 1 atom stereocenters. The van der Waals surface area contributed by atoms with Crippen LogP contribution in [0.5, 0.6) is 17.2 Å². The van der Waals surface area contributed by atoms with E-state index in [1.54, 1.807) is 56.6 Å². The Kier molecular flexibility index (Phi) is 9.29. The average Bonchev–Trinajstić information content (AvgIpc) is 3.72. The highest BCUT2D eigenvalue weighted by Crippen LogP contribution is 2.35. The highest BCUT2D eigenvalue weighted by molar-refractivity contribution is 6.05. The molecule has 3 aromatic heterocycles. The van der Waals surface area contributed by atoms with Crippen LogP contribution < -0.4 is 20.1 Å². The summed E-state index contributed by atoms with van der Waals surface area (Å²) in [7, 11) is 0.